The van der Waals surface area contributed by atoms with E-state index in [-0.39, 0.29) is 37.0 Å². The fraction of sp³-hybridized carbons (Fsp3) is 0.226. The van der Waals surface area contributed by atoms with E-state index in [4.69, 9.17) is 14.2 Å². The number of imide groups is 2. The van der Waals surface area contributed by atoms with E-state index in [0.29, 0.717) is 46.7 Å². The van der Waals surface area contributed by atoms with Gasteiger partial charge in [-0.25, -0.2) is 9.18 Å². The van der Waals surface area contributed by atoms with Gasteiger partial charge in [0.1, 0.15) is 11.4 Å². The average molecular weight is 574 g/mol. The van der Waals surface area contributed by atoms with Gasteiger partial charge >= 0.3 is 6.03 Å². The maximum absolute atomic E-state index is 13.4. The van der Waals surface area contributed by atoms with E-state index in [1.807, 2.05) is 6.07 Å². The molecule has 0 aliphatic carbocycles. The lowest BCUT2D eigenvalue weighted by Gasteiger charge is -2.27. The third-order valence-electron chi connectivity index (χ3n) is 7.04. The molecule has 3 aromatic rings. The molecular weight excluding hydrogens is 545 g/mol. The van der Waals surface area contributed by atoms with Gasteiger partial charge in [0, 0.05) is 31.3 Å². The zero-order chi connectivity index (χ0) is 29.8. The highest BCUT2D eigenvalue weighted by Crippen LogP contribution is 2.46. The van der Waals surface area contributed by atoms with Crippen molar-refractivity contribution in [1.29, 1.82) is 0 Å². The average Bonchev–Trinajstić information content (AvgIpc) is 3.46. The Hall–Kier alpha value is -5.19. The third-order valence-corrected chi connectivity index (χ3v) is 7.04. The second-order valence-electron chi connectivity index (χ2n) is 9.71. The fourth-order valence-corrected chi connectivity index (χ4v) is 4.77. The van der Waals surface area contributed by atoms with Crippen LogP contribution in [0.5, 0.6) is 17.2 Å². The summed E-state index contributed by atoms with van der Waals surface area (Å²) in [6.45, 7) is 0.232. The number of fused-ring (bicyclic) bond motifs is 1. The molecule has 1 N–H and O–H groups in total. The highest BCUT2D eigenvalue weighted by atomic mass is 19.1. The number of nitrogens with zero attached hydrogens (tertiary/aromatic N) is 2. The van der Waals surface area contributed by atoms with Crippen LogP contribution in [0.1, 0.15) is 27.0 Å². The largest absolute Gasteiger partial charge is 0.492 e. The number of carbonyl (C=O) groups is 4. The molecule has 2 aliphatic rings. The van der Waals surface area contributed by atoms with Gasteiger partial charge in [0.25, 0.3) is 17.7 Å². The van der Waals surface area contributed by atoms with Gasteiger partial charge in [-0.15, -0.1) is 0 Å². The van der Waals surface area contributed by atoms with Crippen LogP contribution in [-0.4, -0.2) is 67.6 Å². The van der Waals surface area contributed by atoms with Crippen molar-refractivity contribution in [1.82, 2.24) is 15.1 Å². The van der Waals surface area contributed by atoms with E-state index >= 15 is 0 Å². The Kier molecular flexibility index (Phi) is 8.19. The number of hydrogen-bond donors (Lipinski definition) is 1. The topological polar surface area (TPSA) is 114 Å². The Morgan fingerprint density at radius 2 is 1.81 bits per heavy atom. The molecule has 11 heteroatoms. The predicted octanol–water partition coefficient (Wildman–Crippen LogP) is 3.58. The molecule has 0 aromatic heterocycles. The molecule has 42 heavy (non-hydrogen) atoms. The lowest BCUT2D eigenvalue weighted by atomic mass is 9.97. The SMILES string of the molecule is COc1c(C=C2C(=O)NC(=O)N(CCc3ccc(F)cc3)C2=O)c(CCN(C)C(=O)c2ccccc2)cc2c1OCO2. The van der Waals surface area contributed by atoms with Gasteiger partial charge in [-0.3, -0.25) is 24.6 Å². The molecule has 2 heterocycles. The summed E-state index contributed by atoms with van der Waals surface area (Å²) in [4.78, 5) is 54.3. The van der Waals surface area contributed by atoms with Crippen LogP contribution in [0.3, 0.4) is 0 Å². The zero-order valence-electron chi connectivity index (χ0n) is 23.0. The van der Waals surface area contributed by atoms with E-state index in [9.17, 15) is 23.6 Å². The number of barbiturate groups is 1. The molecule has 1 saturated heterocycles. The molecule has 1 fully saturated rings. The van der Waals surface area contributed by atoms with Crippen molar-refractivity contribution in [2.75, 3.05) is 34.0 Å². The number of methoxy groups -OCH3 is 1. The normalized spacial score (nSPS) is 15.2. The maximum atomic E-state index is 13.4. The summed E-state index contributed by atoms with van der Waals surface area (Å²) in [7, 11) is 3.11. The van der Waals surface area contributed by atoms with Gasteiger partial charge in [-0.05, 0) is 60.4 Å². The summed E-state index contributed by atoms with van der Waals surface area (Å²) in [6, 6.07) is 15.5. The van der Waals surface area contributed by atoms with Gasteiger partial charge in [0.2, 0.25) is 12.5 Å². The van der Waals surface area contributed by atoms with Crippen molar-refractivity contribution in [3.05, 3.63) is 94.3 Å². The smallest absolute Gasteiger partial charge is 0.331 e. The molecule has 0 unspecified atom stereocenters. The number of carbonyl (C=O) groups excluding carboxylic acids is 4. The van der Waals surface area contributed by atoms with E-state index in [0.717, 1.165) is 4.90 Å². The first kappa shape index (κ1) is 28.3. The molecule has 216 valence electrons. The van der Waals surface area contributed by atoms with Crippen LogP contribution in [0.2, 0.25) is 0 Å². The molecule has 5 amide bonds. The summed E-state index contributed by atoms with van der Waals surface area (Å²) in [5.41, 5.74) is 2.00. The molecule has 2 aliphatic heterocycles. The van der Waals surface area contributed by atoms with Crippen molar-refractivity contribution in [2.45, 2.75) is 12.8 Å². The van der Waals surface area contributed by atoms with Crippen molar-refractivity contribution in [3.63, 3.8) is 0 Å². The lowest BCUT2D eigenvalue weighted by Crippen LogP contribution is -2.54. The van der Waals surface area contributed by atoms with Crippen LogP contribution in [0.15, 0.2) is 66.2 Å². The van der Waals surface area contributed by atoms with Gasteiger partial charge in [0.15, 0.2) is 11.5 Å². The number of benzene rings is 3. The highest BCUT2D eigenvalue weighted by molar-refractivity contribution is 6.31. The summed E-state index contributed by atoms with van der Waals surface area (Å²) >= 11 is 0. The first-order valence-electron chi connectivity index (χ1n) is 13.2. The fourth-order valence-electron chi connectivity index (χ4n) is 4.77. The van der Waals surface area contributed by atoms with Crippen LogP contribution in [0.4, 0.5) is 9.18 Å². The second kappa shape index (κ2) is 12.1. The minimum Gasteiger partial charge on any atom is -0.492 e. The monoisotopic (exact) mass is 573 g/mol. The summed E-state index contributed by atoms with van der Waals surface area (Å²) in [5, 5.41) is 2.22. The molecule has 5 rings (SSSR count). The van der Waals surface area contributed by atoms with E-state index in [2.05, 4.69) is 5.32 Å². The van der Waals surface area contributed by atoms with Crippen LogP contribution in [0.25, 0.3) is 6.08 Å². The number of halogens is 1. The standard InChI is InChI=1S/C31H28FN3O7/c1-34(29(37)20-6-4-3-5-7-20)14-13-21-16-25-27(42-18-41-25)26(40-2)23(21)17-24-28(36)33-31(39)35(30(24)38)15-12-19-8-10-22(32)11-9-19/h3-11,16-17H,12-15,18H2,1-2H3,(H,33,36,39). The number of rotatable bonds is 9. The van der Waals surface area contributed by atoms with Crippen molar-refractivity contribution < 1.29 is 37.8 Å². The number of urea groups is 1. The van der Waals surface area contributed by atoms with Crippen LogP contribution in [-0.2, 0) is 22.4 Å². The number of amides is 5. The number of nitrogens with one attached hydrogen (secondary N) is 1. The van der Waals surface area contributed by atoms with Crippen molar-refractivity contribution >= 4 is 29.8 Å². The van der Waals surface area contributed by atoms with Gasteiger partial charge in [-0.1, -0.05) is 30.3 Å². The summed E-state index contributed by atoms with van der Waals surface area (Å²) in [6.07, 6.45) is 1.95. The Morgan fingerprint density at radius 3 is 2.52 bits per heavy atom. The molecule has 0 saturated carbocycles. The molecule has 0 atom stereocenters. The van der Waals surface area contributed by atoms with Gasteiger partial charge in [-0.2, -0.15) is 0 Å². The minimum absolute atomic E-state index is 0.0293. The van der Waals surface area contributed by atoms with Gasteiger partial charge in [0.05, 0.1) is 7.11 Å². The quantitative estimate of drug-likeness (QED) is 0.308. The molecule has 0 spiro atoms. The van der Waals surface area contributed by atoms with Crippen LogP contribution >= 0.6 is 0 Å². The molecule has 0 bridgehead atoms. The maximum Gasteiger partial charge on any atom is 0.331 e. The Morgan fingerprint density at radius 1 is 1.07 bits per heavy atom. The van der Waals surface area contributed by atoms with E-state index in [1.165, 1.54) is 25.3 Å². The van der Waals surface area contributed by atoms with Crippen LogP contribution < -0.4 is 19.5 Å². The molecule has 10 nitrogen and oxygen atoms in total. The lowest BCUT2D eigenvalue weighted by molar-refractivity contribution is -0.130. The van der Waals surface area contributed by atoms with Gasteiger partial charge < -0.3 is 19.1 Å². The zero-order valence-corrected chi connectivity index (χ0v) is 23.0. The predicted molar refractivity (Wildman–Crippen MR) is 150 cm³/mol. The number of ether oxygens (including phenoxy) is 3. The van der Waals surface area contributed by atoms with Crippen molar-refractivity contribution in [2.24, 2.45) is 0 Å². The molecule has 3 aromatic carbocycles. The second-order valence-corrected chi connectivity index (χ2v) is 9.71. The minimum atomic E-state index is -0.856. The third kappa shape index (κ3) is 5.80. The molecule has 0 radical (unpaired) electrons. The Bertz CT molecular complexity index is 1570. The van der Waals surface area contributed by atoms with Crippen LogP contribution in [0, 0.1) is 5.82 Å². The first-order chi connectivity index (χ1) is 20.3. The van der Waals surface area contributed by atoms with E-state index < -0.39 is 23.7 Å². The number of likely N-dealkylation sites (N-methyl/N-ethyl adjacent to an activating group) is 1. The summed E-state index contributed by atoms with van der Waals surface area (Å²) < 4.78 is 30.1. The Labute approximate surface area is 241 Å². The highest BCUT2D eigenvalue weighted by Gasteiger charge is 2.36. The van der Waals surface area contributed by atoms with E-state index in [1.54, 1.807) is 54.4 Å². The van der Waals surface area contributed by atoms with Crippen molar-refractivity contribution in [3.8, 4) is 17.2 Å². The summed E-state index contributed by atoms with van der Waals surface area (Å²) in [5.74, 6) is -1.21. The Balaban J connectivity index is 1.44. The molecular formula is C31H28FN3O7. The number of hydrogen-bond acceptors (Lipinski definition) is 7. The first-order valence-corrected chi connectivity index (χ1v) is 13.2.